The molecule has 9 heteroatoms. The summed E-state index contributed by atoms with van der Waals surface area (Å²) in [4.78, 5) is 23.7. The van der Waals surface area contributed by atoms with Crippen molar-refractivity contribution in [3.05, 3.63) is 36.2 Å². The maximum atomic E-state index is 12.4. The molecule has 0 N–H and O–H groups in total. The molecule has 130 valence electrons. The molecule has 0 atom stereocenters. The van der Waals surface area contributed by atoms with Crippen molar-refractivity contribution in [2.45, 2.75) is 6.18 Å². The minimum Gasteiger partial charge on any atom is -0.335 e. The summed E-state index contributed by atoms with van der Waals surface area (Å²) in [5, 5.41) is 0. The number of nitrogens with zero attached hydrogens (tertiary/aromatic N) is 4. The summed E-state index contributed by atoms with van der Waals surface area (Å²) in [6.45, 7) is -0.0316. The maximum absolute atomic E-state index is 12.4. The highest BCUT2D eigenvalue weighted by molar-refractivity contribution is 5.93. The van der Waals surface area contributed by atoms with E-state index < -0.39 is 12.7 Å². The zero-order valence-electron chi connectivity index (χ0n) is 12.7. The Morgan fingerprint density at radius 3 is 2.33 bits per heavy atom. The SMILES string of the molecule is Cl.O=C(c1cnc2ccccc2n1)N1CCN(CC(F)(F)F)CC1. The van der Waals surface area contributed by atoms with Crippen LogP contribution in [0, 0.1) is 0 Å². The number of fused-ring (bicyclic) bond motifs is 1. The van der Waals surface area contributed by atoms with E-state index in [1.807, 2.05) is 6.07 Å². The van der Waals surface area contributed by atoms with Gasteiger partial charge in [-0.2, -0.15) is 13.2 Å². The lowest BCUT2D eigenvalue weighted by Gasteiger charge is -2.34. The zero-order valence-corrected chi connectivity index (χ0v) is 13.5. The first-order valence-corrected chi connectivity index (χ1v) is 7.22. The van der Waals surface area contributed by atoms with Crippen molar-refractivity contribution in [1.29, 1.82) is 0 Å². The number of piperazine rings is 1. The number of hydrogen-bond donors (Lipinski definition) is 0. The van der Waals surface area contributed by atoms with E-state index in [2.05, 4.69) is 9.97 Å². The van der Waals surface area contributed by atoms with E-state index in [1.54, 1.807) is 18.2 Å². The largest absolute Gasteiger partial charge is 0.401 e. The van der Waals surface area contributed by atoms with Gasteiger partial charge in [0.05, 0.1) is 23.8 Å². The minimum absolute atomic E-state index is 0. The van der Waals surface area contributed by atoms with Crippen molar-refractivity contribution in [2.75, 3.05) is 32.7 Å². The Bertz CT molecular complexity index is 717. The van der Waals surface area contributed by atoms with Gasteiger partial charge in [0.2, 0.25) is 0 Å². The van der Waals surface area contributed by atoms with Crippen LogP contribution in [0.15, 0.2) is 30.5 Å². The van der Waals surface area contributed by atoms with Crippen molar-refractivity contribution in [3.63, 3.8) is 0 Å². The van der Waals surface area contributed by atoms with E-state index in [9.17, 15) is 18.0 Å². The van der Waals surface area contributed by atoms with Gasteiger partial charge in [0.25, 0.3) is 5.91 Å². The highest BCUT2D eigenvalue weighted by Gasteiger charge is 2.33. The average Bonchev–Trinajstić information content (AvgIpc) is 2.53. The highest BCUT2D eigenvalue weighted by atomic mass is 35.5. The fourth-order valence-electron chi connectivity index (χ4n) is 2.58. The second kappa shape index (κ2) is 7.31. The van der Waals surface area contributed by atoms with E-state index in [-0.39, 0.29) is 50.2 Å². The first-order valence-electron chi connectivity index (χ1n) is 7.22. The van der Waals surface area contributed by atoms with Crippen LogP contribution in [0.1, 0.15) is 10.5 Å². The molecule has 1 saturated heterocycles. The molecule has 2 heterocycles. The molecule has 5 nitrogen and oxygen atoms in total. The van der Waals surface area contributed by atoms with E-state index >= 15 is 0 Å². The molecule has 0 radical (unpaired) electrons. The van der Waals surface area contributed by atoms with Gasteiger partial charge in [-0.25, -0.2) is 4.98 Å². The van der Waals surface area contributed by atoms with Gasteiger partial charge in [-0.3, -0.25) is 14.7 Å². The summed E-state index contributed by atoms with van der Waals surface area (Å²) < 4.78 is 37.1. The van der Waals surface area contributed by atoms with Crippen LogP contribution < -0.4 is 0 Å². The number of amides is 1. The predicted octanol–water partition coefficient (Wildman–Crippen LogP) is 2.37. The van der Waals surface area contributed by atoms with E-state index in [1.165, 1.54) is 16.0 Å². The Hall–Kier alpha value is -1.93. The molecule has 3 rings (SSSR count). The number of carbonyl (C=O) groups is 1. The van der Waals surface area contributed by atoms with Crippen molar-refractivity contribution in [2.24, 2.45) is 0 Å². The molecule has 1 aliphatic rings. The molecular weight excluding hydrogens is 345 g/mol. The first kappa shape index (κ1) is 18.4. The van der Waals surface area contributed by atoms with E-state index in [0.717, 1.165) is 0 Å². The molecule has 2 aromatic rings. The quantitative estimate of drug-likeness (QED) is 0.825. The monoisotopic (exact) mass is 360 g/mol. The fourth-order valence-corrected chi connectivity index (χ4v) is 2.58. The second-order valence-electron chi connectivity index (χ2n) is 5.43. The lowest BCUT2D eigenvalue weighted by molar-refractivity contribution is -0.148. The lowest BCUT2D eigenvalue weighted by atomic mass is 10.2. The molecule has 1 fully saturated rings. The normalized spacial score (nSPS) is 16.0. The van der Waals surface area contributed by atoms with Crippen LogP contribution in [0.3, 0.4) is 0 Å². The number of carbonyl (C=O) groups excluding carboxylic acids is 1. The molecule has 1 aliphatic heterocycles. The third-order valence-corrected chi connectivity index (χ3v) is 3.73. The Morgan fingerprint density at radius 2 is 1.71 bits per heavy atom. The molecule has 1 amide bonds. The van der Waals surface area contributed by atoms with Gasteiger partial charge in [0.1, 0.15) is 5.69 Å². The van der Waals surface area contributed by atoms with Gasteiger partial charge < -0.3 is 4.90 Å². The molecule has 0 bridgehead atoms. The standard InChI is InChI=1S/C15H15F3N4O.ClH/c16-15(17,18)10-21-5-7-22(8-6-21)14(23)13-9-19-11-3-1-2-4-12(11)20-13;/h1-4,9H,5-8,10H2;1H. The number of rotatable bonds is 2. The van der Waals surface area contributed by atoms with Crippen LogP contribution in [-0.4, -0.2) is 64.6 Å². The van der Waals surface area contributed by atoms with Crippen molar-refractivity contribution in [1.82, 2.24) is 19.8 Å². The van der Waals surface area contributed by atoms with Crippen molar-refractivity contribution in [3.8, 4) is 0 Å². The number of alkyl halides is 3. The molecule has 24 heavy (non-hydrogen) atoms. The molecular formula is C15H16ClF3N4O. The van der Waals surface area contributed by atoms with E-state index in [4.69, 9.17) is 0 Å². The minimum atomic E-state index is -4.21. The molecule has 0 spiro atoms. The summed E-state index contributed by atoms with van der Waals surface area (Å²) in [6.07, 6.45) is -2.80. The Balaban J connectivity index is 0.00000208. The van der Waals surface area contributed by atoms with Crippen LogP contribution in [0.25, 0.3) is 11.0 Å². The third-order valence-electron chi connectivity index (χ3n) is 3.73. The molecule has 0 unspecified atom stereocenters. The van der Waals surface area contributed by atoms with Crippen LogP contribution in [0.4, 0.5) is 13.2 Å². The molecule has 0 aliphatic carbocycles. The van der Waals surface area contributed by atoms with Gasteiger partial charge in [-0.1, -0.05) is 12.1 Å². The van der Waals surface area contributed by atoms with Crippen LogP contribution in [0.2, 0.25) is 0 Å². The number of hydrogen-bond acceptors (Lipinski definition) is 4. The van der Waals surface area contributed by atoms with Gasteiger partial charge in [0.15, 0.2) is 0 Å². The Labute approximate surface area is 142 Å². The summed E-state index contributed by atoms with van der Waals surface area (Å²) >= 11 is 0. The molecule has 1 aromatic heterocycles. The van der Waals surface area contributed by atoms with Gasteiger partial charge in [-0.05, 0) is 12.1 Å². The third kappa shape index (κ3) is 4.33. The second-order valence-corrected chi connectivity index (χ2v) is 5.43. The van der Waals surface area contributed by atoms with Gasteiger partial charge in [0, 0.05) is 26.2 Å². The maximum Gasteiger partial charge on any atom is 0.401 e. The fraction of sp³-hybridized carbons (Fsp3) is 0.400. The molecule has 1 aromatic carbocycles. The van der Waals surface area contributed by atoms with Crippen LogP contribution >= 0.6 is 12.4 Å². The highest BCUT2D eigenvalue weighted by Crippen LogP contribution is 2.18. The summed E-state index contributed by atoms with van der Waals surface area (Å²) in [5.74, 6) is -0.296. The van der Waals surface area contributed by atoms with Crippen LogP contribution in [0.5, 0.6) is 0 Å². The summed E-state index contributed by atoms with van der Waals surface area (Å²) in [6, 6.07) is 7.20. The summed E-state index contributed by atoms with van der Waals surface area (Å²) in [5.41, 5.74) is 1.53. The first-order chi connectivity index (χ1) is 10.9. The topological polar surface area (TPSA) is 49.3 Å². The average molecular weight is 361 g/mol. The molecule has 0 saturated carbocycles. The lowest BCUT2D eigenvalue weighted by Crippen LogP contribution is -2.51. The zero-order chi connectivity index (χ0) is 16.4. The number of halogens is 4. The predicted molar refractivity (Wildman–Crippen MR) is 85.2 cm³/mol. The smallest absolute Gasteiger partial charge is 0.335 e. The Morgan fingerprint density at radius 1 is 1.08 bits per heavy atom. The summed E-state index contributed by atoms with van der Waals surface area (Å²) in [7, 11) is 0. The van der Waals surface area contributed by atoms with E-state index in [0.29, 0.717) is 11.0 Å². The number of benzene rings is 1. The van der Waals surface area contributed by atoms with Crippen molar-refractivity contribution >= 4 is 29.3 Å². The van der Waals surface area contributed by atoms with Gasteiger partial charge in [-0.15, -0.1) is 12.4 Å². The Kier molecular flexibility index (Phi) is 5.61. The van der Waals surface area contributed by atoms with Gasteiger partial charge >= 0.3 is 6.18 Å². The van der Waals surface area contributed by atoms with Crippen molar-refractivity contribution < 1.29 is 18.0 Å². The van der Waals surface area contributed by atoms with Crippen LogP contribution in [-0.2, 0) is 0 Å². The number of aromatic nitrogens is 2. The number of para-hydroxylation sites is 2.